The van der Waals surface area contributed by atoms with Crippen LogP contribution < -0.4 is 9.46 Å². The number of ether oxygens (including phenoxy) is 2. The second-order valence-electron chi connectivity index (χ2n) is 8.25. The third-order valence-corrected chi connectivity index (χ3v) is 7.76. The van der Waals surface area contributed by atoms with Crippen molar-refractivity contribution in [3.05, 3.63) is 36.4 Å². The highest BCUT2D eigenvalue weighted by Crippen LogP contribution is 2.38. The van der Waals surface area contributed by atoms with E-state index in [0.717, 1.165) is 42.6 Å². The summed E-state index contributed by atoms with van der Waals surface area (Å²) in [5.41, 5.74) is 0. The molecule has 2 aromatic rings. The molecular weight excluding hydrogens is 376 g/mol. The average molecular weight is 403 g/mol. The van der Waals surface area contributed by atoms with Crippen LogP contribution in [0.1, 0.15) is 19.3 Å². The lowest BCUT2D eigenvalue weighted by atomic mass is 10.1. The molecule has 0 aromatic heterocycles. The van der Waals surface area contributed by atoms with Gasteiger partial charge < -0.3 is 9.47 Å². The highest BCUT2D eigenvalue weighted by atomic mass is 32.2. The van der Waals surface area contributed by atoms with Gasteiger partial charge in [-0.25, -0.2) is 13.1 Å². The van der Waals surface area contributed by atoms with E-state index in [1.807, 2.05) is 24.3 Å². The number of hydrogen-bond acceptors (Lipinski definition) is 5. The van der Waals surface area contributed by atoms with E-state index in [4.69, 9.17) is 9.47 Å². The zero-order valence-corrected chi connectivity index (χ0v) is 16.8. The van der Waals surface area contributed by atoms with Crippen LogP contribution in [0.15, 0.2) is 41.3 Å². The molecule has 3 aliphatic rings. The number of sulfonamides is 1. The van der Waals surface area contributed by atoms with Crippen molar-refractivity contribution in [1.29, 1.82) is 0 Å². The summed E-state index contributed by atoms with van der Waals surface area (Å²) in [7, 11) is -1.94. The lowest BCUT2D eigenvalue weighted by Gasteiger charge is -2.35. The Morgan fingerprint density at radius 1 is 1.11 bits per heavy atom. The molecule has 1 aliphatic carbocycles. The summed E-state index contributed by atoms with van der Waals surface area (Å²) in [6.07, 6.45) is 3.69. The van der Waals surface area contributed by atoms with Gasteiger partial charge in [-0.1, -0.05) is 12.1 Å². The van der Waals surface area contributed by atoms with Crippen molar-refractivity contribution in [1.82, 2.24) is 9.62 Å². The molecule has 5 rings (SSSR count). The third-order valence-electron chi connectivity index (χ3n) is 6.24. The van der Waals surface area contributed by atoms with Gasteiger partial charge in [-0.15, -0.1) is 0 Å². The Hall–Kier alpha value is -1.67. The second-order valence-corrected chi connectivity index (χ2v) is 9.96. The molecule has 1 saturated carbocycles. The van der Waals surface area contributed by atoms with Crippen molar-refractivity contribution < 1.29 is 17.9 Å². The molecule has 0 bridgehead atoms. The highest BCUT2D eigenvalue weighted by Gasteiger charge is 2.43. The molecule has 1 N–H and O–H groups in total. The van der Waals surface area contributed by atoms with E-state index in [1.54, 1.807) is 19.2 Å². The van der Waals surface area contributed by atoms with Crippen molar-refractivity contribution in [2.75, 3.05) is 26.8 Å². The van der Waals surface area contributed by atoms with Gasteiger partial charge in [0.1, 0.15) is 5.75 Å². The normalized spacial score (nSPS) is 28.4. The van der Waals surface area contributed by atoms with E-state index in [2.05, 4.69) is 9.62 Å². The van der Waals surface area contributed by atoms with Crippen molar-refractivity contribution in [3.8, 4) is 5.75 Å². The predicted octanol–water partition coefficient (Wildman–Crippen LogP) is 2.38. The smallest absolute Gasteiger partial charge is 0.240 e. The summed E-state index contributed by atoms with van der Waals surface area (Å²) in [5.74, 6) is 1.48. The summed E-state index contributed by atoms with van der Waals surface area (Å²) in [4.78, 5) is 2.72. The van der Waals surface area contributed by atoms with Crippen molar-refractivity contribution >= 4 is 20.8 Å². The Morgan fingerprint density at radius 2 is 1.89 bits per heavy atom. The van der Waals surface area contributed by atoms with Crippen LogP contribution in [0.3, 0.4) is 0 Å². The third kappa shape index (κ3) is 3.52. The minimum atomic E-state index is -3.56. The second kappa shape index (κ2) is 6.99. The molecule has 2 aliphatic heterocycles. The topological polar surface area (TPSA) is 67.9 Å². The molecule has 150 valence electrons. The van der Waals surface area contributed by atoms with Gasteiger partial charge >= 0.3 is 0 Å². The number of fused-ring (bicyclic) bond motifs is 2. The van der Waals surface area contributed by atoms with Gasteiger partial charge in [0.25, 0.3) is 0 Å². The molecule has 0 unspecified atom stereocenters. The SMILES string of the molecule is COc1ccc2cc(S(=O)(=O)N[C@H]3C[C@H]4CO[C@H](C5CC5)CN4C3)ccc2c1. The Bertz CT molecular complexity index is 989. The van der Waals surface area contributed by atoms with E-state index >= 15 is 0 Å². The van der Waals surface area contributed by atoms with Crippen LogP contribution in [0.2, 0.25) is 0 Å². The standard InChI is InChI=1S/C21H26N2O4S/c1-26-19-6-4-16-9-20(7-5-15(16)8-19)28(24,25)22-17-10-18-13-27-21(14-2-3-14)12-23(18)11-17/h4-9,14,17-18,21-22H,2-3,10-13H2,1H3/t17-,18-,21-/m0/s1. The number of benzene rings is 2. The first-order valence-electron chi connectivity index (χ1n) is 9.97. The molecule has 0 spiro atoms. The first-order valence-corrected chi connectivity index (χ1v) is 11.5. The zero-order valence-electron chi connectivity index (χ0n) is 16.0. The number of nitrogens with zero attached hydrogens (tertiary/aromatic N) is 1. The number of methoxy groups -OCH3 is 1. The molecule has 2 saturated heterocycles. The fourth-order valence-electron chi connectivity index (χ4n) is 4.52. The van der Waals surface area contributed by atoms with Crippen LogP contribution in [-0.4, -0.2) is 58.3 Å². The highest BCUT2D eigenvalue weighted by molar-refractivity contribution is 7.89. The average Bonchev–Trinajstić information content (AvgIpc) is 3.47. The number of rotatable bonds is 5. The maximum absolute atomic E-state index is 13.0. The van der Waals surface area contributed by atoms with Gasteiger partial charge in [-0.2, -0.15) is 0 Å². The Kier molecular flexibility index (Phi) is 4.58. The fraction of sp³-hybridized carbons (Fsp3) is 0.524. The Balaban J connectivity index is 1.30. The first-order chi connectivity index (χ1) is 13.5. The summed E-state index contributed by atoms with van der Waals surface area (Å²) in [5, 5.41) is 1.84. The van der Waals surface area contributed by atoms with Crippen LogP contribution in [0, 0.1) is 5.92 Å². The molecule has 0 amide bonds. The fourth-order valence-corrected chi connectivity index (χ4v) is 5.80. The minimum Gasteiger partial charge on any atom is -0.497 e. The molecule has 28 heavy (non-hydrogen) atoms. The number of morpholine rings is 1. The van der Waals surface area contributed by atoms with E-state index in [0.29, 0.717) is 23.0 Å². The predicted molar refractivity (Wildman–Crippen MR) is 107 cm³/mol. The lowest BCUT2D eigenvalue weighted by molar-refractivity contribution is -0.0581. The van der Waals surface area contributed by atoms with Crippen LogP contribution in [-0.2, 0) is 14.8 Å². The molecule has 2 heterocycles. The van der Waals surface area contributed by atoms with Gasteiger partial charge in [-0.3, -0.25) is 4.90 Å². The molecule has 0 radical (unpaired) electrons. The lowest BCUT2D eigenvalue weighted by Crippen LogP contribution is -2.47. The number of hydrogen-bond donors (Lipinski definition) is 1. The maximum atomic E-state index is 13.0. The minimum absolute atomic E-state index is 0.0666. The quantitative estimate of drug-likeness (QED) is 0.832. The summed E-state index contributed by atoms with van der Waals surface area (Å²) < 4.78 is 40.1. The van der Waals surface area contributed by atoms with E-state index in [9.17, 15) is 8.42 Å². The van der Waals surface area contributed by atoms with Crippen LogP contribution in [0.5, 0.6) is 5.75 Å². The van der Waals surface area contributed by atoms with Crippen molar-refractivity contribution in [2.45, 2.75) is 42.3 Å². The molecule has 7 heteroatoms. The van der Waals surface area contributed by atoms with Gasteiger partial charge in [0.2, 0.25) is 10.0 Å². The maximum Gasteiger partial charge on any atom is 0.240 e. The Labute approximate surface area is 165 Å². The van der Waals surface area contributed by atoms with Crippen LogP contribution >= 0.6 is 0 Å². The van der Waals surface area contributed by atoms with E-state index in [1.165, 1.54) is 12.8 Å². The molecular formula is C21H26N2O4S. The molecule has 3 atom stereocenters. The first kappa shape index (κ1) is 18.4. The van der Waals surface area contributed by atoms with Gasteiger partial charge in [-0.05, 0) is 60.2 Å². The van der Waals surface area contributed by atoms with Gasteiger partial charge in [0.15, 0.2) is 0 Å². The van der Waals surface area contributed by atoms with E-state index in [-0.39, 0.29) is 6.04 Å². The summed E-state index contributed by atoms with van der Waals surface area (Å²) >= 11 is 0. The molecule has 6 nitrogen and oxygen atoms in total. The number of nitrogens with one attached hydrogen (secondary N) is 1. The molecule has 3 fully saturated rings. The molecule has 2 aromatic carbocycles. The van der Waals surface area contributed by atoms with Crippen molar-refractivity contribution in [2.24, 2.45) is 5.92 Å². The zero-order chi connectivity index (χ0) is 19.3. The van der Waals surface area contributed by atoms with Crippen molar-refractivity contribution in [3.63, 3.8) is 0 Å². The van der Waals surface area contributed by atoms with E-state index < -0.39 is 10.0 Å². The van der Waals surface area contributed by atoms with Crippen LogP contribution in [0.25, 0.3) is 10.8 Å². The summed E-state index contributed by atoms with van der Waals surface area (Å²) in [6.45, 7) is 2.42. The monoisotopic (exact) mass is 402 g/mol. The summed E-state index contributed by atoms with van der Waals surface area (Å²) in [6, 6.07) is 11.1. The van der Waals surface area contributed by atoms with Gasteiger partial charge in [0.05, 0.1) is 24.7 Å². The Morgan fingerprint density at radius 3 is 2.68 bits per heavy atom. The van der Waals surface area contributed by atoms with Crippen LogP contribution in [0.4, 0.5) is 0 Å². The largest absolute Gasteiger partial charge is 0.497 e. The van der Waals surface area contributed by atoms with Gasteiger partial charge in [0, 0.05) is 25.2 Å².